The van der Waals surface area contributed by atoms with Gasteiger partial charge in [-0.3, -0.25) is 9.79 Å². The molecule has 32 heavy (non-hydrogen) atoms. The Hall–Kier alpha value is -2.91. The van der Waals surface area contributed by atoms with Gasteiger partial charge in [-0.15, -0.1) is 8.78 Å². The summed E-state index contributed by atoms with van der Waals surface area (Å²) in [4.78, 5) is 31.6. The van der Waals surface area contributed by atoms with Gasteiger partial charge in [-0.05, 0) is 64.5 Å². The van der Waals surface area contributed by atoms with Crippen molar-refractivity contribution in [3.63, 3.8) is 0 Å². The number of rotatable bonds is 2. The summed E-state index contributed by atoms with van der Waals surface area (Å²) in [5.74, 6) is 0.173. The Morgan fingerprint density at radius 2 is 1.91 bits per heavy atom. The van der Waals surface area contributed by atoms with Crippen LogP contribution in [0.2, 0.25) is 0 Å². The maximum Gasteiger partial charge on any atom is 0.586 e. The molecule has 172 valence electrons. The number of nitrogens with zero attached hydrogens (tertiary/aromatic N) is 2. The van der Waals surface area contributed by atoms with Gasteiger partial charge in [0, 0.05) is 24.2 Å². The third-order valence-corrected chi connectivity index (χ3v) is 6.07. The number of hydrogen-bond acceptors (Lipinski definition) is 6. The first-order valence-corrected chi connectivity index (χ1v) is 10.8. The number of amidine groups is 1. The number of benzene rings is 1. The number of alkyl halides is 2. The highest BCUT2D eigenvalue weighted by atomic mass is 19.3. The molecule has 2 amide bonds. The van der Waals surface area contributed by atoms with Gasteiger partial charge < -0.3 is 24.4 Å². The first-order chi connectivity index (χ1) is 15.0. The summed E-state index contributed by atoms with van der Waals surface area (Å²) in [5, 5.41) is 2.84. The number of nitrogens with one attached hydrogen (secondary N) is 1. The lowest BCUT2D eigenvalue weighted by Crippen LogP contribution is -2.51. The minimum Gasteiger partial charge on any atom is -0.444 e. The summed E-state index contributed by atoms with van der Waals surface area (Å²) in [7, 11) is 0. The second-order valence-electron chi connectivity index (χ2n) is 9.71. The van der Waals surface area contributed by atoms with Crippen molar-refractivity contribution in [2.24, 2.45) is 4.99 Å². The molecule has 10 heteroatoms. The monoisotopic (exact) mass is 449 g/mol. The standard InChI is InChI=1S/C22H25F2N3O5/c1-20(2,3)32-19(29)27-10-8-21(9-11-27)18(28)25-17(26-21)13-6-7-14-16(15(13)12-4-5-12)31-22(23,24)30-14/h6-7,12H,4-5,8-11H2,1-3H3,(H,25,26,28). The van der Waals surface area contributed by atoms with Gasteiger partial charge in [0.1, 0.15) is 17.0 Å². The minimum atomic E-state index is -3.71. The van der Waals surface area contributed by atoms with Crippen molar-refractivity contribution < 1.29 is 32.6 Å². The van der Waals surface area contributed by atoms with E-state index in [1.165, 1.54) is 6.07 Å². The van der Waals surface area contributed by atoms with E-state index in [-0.39, 0.29) is 23.3 Å². The number of fused-ring (bicyclic) bond motifs is 1. The Bertz CT molecular complexity index is 1020. The molecular weight excluding hydrogens is 424 g/mol. The number of likely N-dealkylation sites (tertiary alicyclic amines) is 1. The van der Waals surface area contributed by atoms with E-state index in [9.17, 15) is 18.4 Å². The Morgan fingerprint density at radius 1 is 1.22 bits per heavy atom. The number of piperidine rings is 1. The number of aliphatic imine (C=N–C) groups is 1. The lowest BCUT2D eigenvalue weighted by atomic mass is 9.88. The van der Waals surface area contributed by atoms with Crippen molar-refractivity contribution in [1.29, 1.82) is 0 Å². The Morgan fingerprint density at radius 3 is 2.53 bits per heavy atom. The number of hydrogen-bond donors (Lipinski definition) is 1. The smallest absolute Gasteiger partial charge is 0.444 e. The van der Waals surface area contributed by atoms with Crippen LogP contribution in [0, 0.1) is 0 Å². The number of ether oxygens (including phenoxy) is 3. The highest BCUT2D eigenvalue weighted by molar-refractivity contribution is 6.16. The van der Waals surface area contributed by atoms with Crippen molar-refractivity contribution in [3.8, 4) is 11.5 Å². The van der Waals surface area contributed by atoms with Gasteiger partial charge in [-0.25, -0.2) is 4.79 Å². The first-order valence-electron chi connectivity index (χ1n) is 10.8. The van der Waals surface area contributed by atoms with Gasteiger partial charge in [0.2, 0.25) is 0 Å². The van der Waals surface area contributed by atoms with Crippen LogP contribution in [0.5, 0.6) is 11.5 Å². The van der Waals surface area contributed by atoms with Gasteiger partial charge in [0.25, 0.3) is 5.91 Å². The van der Waals surface area contributed by atoms with Gasteiger partial charge in [0.15, 0.2) is 11.5 Å². The van der Waals surface area contributed by atoms with Crippen LogP contribution in [-0.2, 0) is 9.53 Å². The van der Waals surface area contributed by atoms with E-state index in [2.05, 4.69) is 10.1 Å². The van der Waals surface area contributed by atoms with Crippen LogP contribution in [-0.4, -0.2) is 53.3 Å². The number of carbonyl (C=O) groups is 2. The Labute approximate surface area is 183 Å². The van der Waals surface area contributed by atoms with E-state index in [1.807, 2.05) is 0 Å². The number of halogens is 2. The van der Waals surface area contributed by atoms with Crippen LogP contribution in [0.3, 0.4) is 0 Å². The predicted molar refractivity (Wildman–Crippen MR) is 109 cm³/mol. The van der Waals surface area contributed by atoms with E-state index >= 15 is 0 Å². The van der Waals surface area contributed by atoms with Crippen LogP contribution in [0.25, 0.3) is 0 Å². The van der Waals surface area contributed by atoms with Gasteiger partial charge in [0.05, 0.1) is 0 Å². The van der Waals surface area contributed by atoms with Crippen LogP contribution in [0.15, 0.2) is 17.1 Å². The van der Waals surface area contributed by atoms with E-state index in [0.717, 1.165) is 12.8 Å². The molecule has 0 atom stereocenters. The summed E-state index contributed by atoms with van der Waals surface area (Å²) >= 11 is 0. The summed E-state index contributed by atoms with van der Waals surface area (Å²) in [6.07, 6.45) is -1.74. The lowest BCUT2D eigenvalue weighted by Gasteiger charge is -2.36. The van der Waals surface area contributed by atoms with Crippen LogP contribution in [0.4, 0.5) is 13.6 Å². The molecule has 3 heterocycles. The molecular formula is C22H25F2N3O5. The maximum absolute atomic E-state index is 13.7. The normalized spacial score (nSPS) is 23.2. The van der Waals surface area contributed by atoms with Crippen molar-refractivity contribution in [3.05, 3.63) is 23.3 Å². The summed E-state index contributed by atoms with van der Waals surface area (Å²) in [5.41, 5.74) is -0.415. The van der Waals surface area contributed by atoms with Crippen LogP contribution < -0.4 is 14.8 Å². The summed E-state index contributed by atoms with van der Waals surface area (Å²) in [6, 6.07) is 3.06. The zero-order valence-electron chi connectivity index (χ0n) is 18.2. The Kier molecular flexibility index (Phi) is 4.45. The van der Waals surface area contributed by atoms with E-state index in [0.29, 0.717) is 42.9 Å². The van der Waals surface area contributed by atoms with E-state index in [4.69, 9.17) is 14.5 Å². The average Bonchev–Trinajstić information content (AvgIpc) is 3.40. The van der Waals surface area contributed by atoms with Crippen LogP contribution in [0.1, 0.15) is 63.5 Å². The van der Waals surface area contributed by atoms with Crippen molar-refractivity contribution >= 4 is 17.8 Å². The second kappa shape index (κ2) is 6.79. The molecule has 1 saturated carbocycles. The first kappa shape index (κ1) is 21.0. The molecule has 0 radical (unpaired) electrons. The summed E-state index contributed by atoms with van der Waals surface area (Å²) in [6.45, 7) is 6.08. The minimum absolute atomic E-state index is 0.00837. The molecule has 5 rings (SSSR count). The molecule has 1 aromatic carbocycles. The zero-order chi connectivity index (χ0) is 22.9. The van der Waals surface area contributed by atoms with Gasteiger partial charge >= 0.3 is 12.4 Å². The predicted octanol–water partition coefficient (Wildman–Crippen LogP) is 3.53. The van der Waals surface area contributed by atoms with Crippen molar-refractivity contribution in [2.75, 3.05) is 13.1 Å². The molecule has 4 aliphatic rings. The molecule has 8 nitrogen and oxygen atoms in total. The van der Waals surface area contributed by atoms with Crippen LogP contribution >= 0.6 is 0 Å². The van der Waals surface area contributed by atoms with Gasteiger partial charge in [-0.1, -0.05) is 0 Å². The van der Waals surface area contributed by atoms with E-state index < -0.39 is 23.5 Å². The molecule has 3 aliphatic heterocycles. The highest BCUT2D eigenvalue weighted by Gasteiger charge is 2.50. The molecule has 1 aliphatic carbocycles. The van der Waals surface area contributed by atoms with Crippen molar-refractivity contribution in [1.82, 2.24) is 10.2 Å². The third kappa shape index (κ3) is 3.65. The molecule has 0 unspecified atom stereocenters. The molecule has 1 N–H and O–H groups in total. The van der Waals surface area contributed by atoms with Crippen molar-refractivity contribution in [2.45, 2.75) is 69.8 Å². The summed E-state index contributed by atoms with van der Waals surface area (Å²) < 4.78 is 42.2. The SMILES string of the molecule is CC(C)(C)OC(=O)N1CCC2(CC1)N=C(c1ccc3c(c1C1CC1)OC(F)(F)O3)NC2=O. The zero-order valence-corrected chi connectivity index (χ0v) is 18.2. The topological polar surface area (TPSA) is 89.5 Å². The fraction of sp³-hybridized carbons (Fsp3) is 0.591. The average molecular weight is 449 g/mol. The molecule has 2 fully saturated rings. The largest absolute Gasteiger partial charge is 0.586 e. The van der Waals surface area contributed by atoms with E-state index in [1.54, 1.807) is 31.7 Å². The molecule has 0 bridgehead atoms. The molecule has 1 saturated heterocycles. The molecule has 1 aromatic rings. The van der Waals surface area contributed by atoms with Gasteiger partial charge in [-0.2, -0.15) is 0 Å². The number of carbonyl (C=O) groups excluding carboxylic acids is 2. The molecule has 1 spiro atoms. The quantitative estimate of drug-likeness (QED) is 0.746. The fourth-order valence-corrected chi connectivity index (χ4v) is 4.39. The third-order valence-electron chi connectivity index (χ3n) is 6.07. The molecule has 0 aromatic heterocycles. The second-order valence-corrected chi connectivity index (χ2v) is 9.71. The highest BCUT2D eigenvalue weighted by Crippen LogP contribution is 2.53. The number of amides is 2. The fourth-order valence-electron chi connectivity index (χ4n) is 4.39. The lowest BCUT2D eigenvalue weighted by molar-refractivity contribution is -0.286. The Balaban J connectivity index is 1.40. The maximum atomic E-state index is 13.7.